The quantitative estimate of drug-likeness (QED) is 0.859. The van der Waals surface area contributed by atoms with Gasteiger partial charge in [0.2, 0.25) is 0 Å². The number of carbonyl (C=O) groups is 1. The van der Waals surface area contributed by atoms with E-state index in [1.807, 2.05) is 31.1 Å². The van der Waals surface area contributed by atoms with Gasteiger partial charge in [0.25, 0.3) is 5.91 Å². The molecule has 0 N–H and O–H groups in total. The molecule has 0 bridgehead atoms. The third-order valence-electron chi connectivity index (χ3n) is 5.70. The maximum atomic E-state index is 12.6. The second kappa shape index (κ2) is 6.32. The molecule has 1 saturated heterocycles. The Bertz CT molecular complexity index is 758. The minimum Gasteiger partial charge on any atom is -0.337 e. The first-order valence-electron chi connectivity index (χ1n) is 9.35. The van der Waals surface area contributed by atoms with Gasteiger partial charge in [0.05, 0.1) is 0 Å². The van der Waals surface area contributed by atoms with Crippen molar-refractivity contribution in [1.29, 1.82) is 0 Å². The molecule has 2 aliphatic rings. The molecule has 1 amide bonds. The number of hydrogen-bond acceptors (Lipinski definition) is 3. The third kappa shape index (κ3) is 3.22. The summed E-state index contributed by atoms with van der Waals surface area (Å²) in [5.41, 5.74) is 2.85. The number of piperidine rings is 1. The van der Waals surface area contributed by atoms with E-state index >= 15 is 0 Å². The highest BCUT2D eigenvalue weighted by atomic mass is 16.2. The predicted molar refractivity (Wildman–Crippen MR) is 95.5 cm³/mol. The molecule has 1 saturated carbocycles. The zero-order valence-corrected chi connectivity index (χ0v) is 15.4. The lowest BCUT2D eigenvalue weighted by atomic mass is 9.96. The summed E-state index contributed by atoms with van der Waals surface area (Å²) in [6.45, 7) is 6.82. The first-order chi connectivity index (χ1) is 12.0. The van der Waals surface area contributed by atoms with Gasteiger partial charge in [-0.05, 0) is 51.5 Å². The van der Waals surface area contributed by atoms with Crippen LogP contribution in [0.15, 0.2) is 12.3 Å². The van der Waals surface area contributed by atoms with Gasteiger partial charge in [-0.1, -0.05) is 0 Å². The van der Waals surface area contributed by atoms with Crippen molar-refractivity contribution in [3.63, 3.8) is 0 Å². The Hall–Kier alpha value is -2.11. The molecule has 2 aromatic heterocycles. The topological polar surface area (TPSA) is 56.0 Å². The minimum atomic E-state index is 0.0691. The van der Waals surface area contributed by atoms with Crippen LogP contribution in [-0.4, -0.2) is 43.2 Å². The number of hydrogen-bond donors (Lipinski definition) is 0. The van der Waals surface area contributed by atoms with Crippen molar-refractivity contribution in [3.8, 4) is 0 Å². The van der Waals surface area contributed by atoms with Crippen LogP contribution < -0.4 is 0 Å². The average molecular weight is 341 g/mol. The van der Waals surface area contributed by atoms with E-state index in [1.54, 1.807) is 4.68 Å². The zero-order valence-electron chi connectivity index (χ0n) is 15.4. The molecule has 134 valence electrons. The Morgan fingerprint density at radius 1 is 1.16 bits per heavy atom. The van der Waals surface area contributed by atoms with Gasteiger partial charge in [0, 0.05) is 50.2 Å². The molecule has 0 radical (unpaired) electrons. The predicted octanol–water partition coefficient (Wildman–Crippen LogP) is 2.66. The second-order valence-electron chi connectivity index (χ2n) is 7.67. The summed E-state index contributed by atoms with van der Waals surface area (Å²) in [5, 5.41) is 4.33. The van der Waals surface area contributed by atoms with Crippen LogP contribution in [0, 0.1) is 19.8 Å². The lowest BCUT2D eigenvalue weighted by molar-refractivity contribution is 0.0675. The number of aromatic nitrogens is 4. The van der Waals surface area contributed by atoms with Crippen LogP contribution in [0.25, 0.3) is 0 Å². The number of imidazole rings is 1. The van der Waals surface area contributed by atoms with Crippen LogP contribution in [0.5, 0.6) is 0 Å². The highest BCUT2D eigenvalue weighted by Gasteiger charge is 2.31. The maximum absolute atomic E-state index is 12.6. The first kappa shape index (κ1) is 16.4. The Balaban J connectivity index is 1.37. The molecule has 4 rings (SSSR count). The number of likely N-dealkylation sites (tertiary alicyclic amines) is 1. The van der Waals surface area contributed by atoms with E-state index in [-0.39, 0.29) is 5.91 Å². The Kier molecular flexibility index (Phi) is 4.13. The van der Waals surface area contributed by atoms with E-state index in [4.69, 9.17) is 0 Å². The number of amides is 1. The van der Waals surface area contributed by atoms with E-state index in [0.717, 1.165) is 38.2 Å². The van der Waals surface area contributed by atoms with Crippen molar-refractivity contribution in [2.75, 3.05) is 13.1 Å². The second-order valence-corrected chi connectivity index (χ2v) is 7.67. The average Bonchev–Trinajstić information content (AvgIpc) is 3.31. The molecular formula is C19H27N5O. The first-order valence-corrected chi connectivity index (χ1v) is 9.35. The summed E-state index contributed by atoms with van der Waals surface area (Å²) < 4.78 is 4.18. The van der Waals surface area contributed by atoms with Crippen LogP contribution in [0.4, 0.5) is 0 Å². The Labute approximate surface area is 148 Å². The van der Waals surface area contributed by atoms with Crippen LogP contribution in [-0.2, 0) is 13.6 Å². The van der Waals surface area contributed by atoms with E-state index < -0.39 is 0 Å². The fraction of sp³-hybridized carbons (Fsp3) is 0.632. The van der Waals surface area contributed by atoms with Crippen molar-refractivity contribution >= 4 is 5.91 Å². The van der Waals surface area contributed by atoms with Crippen LogP contribution in [0.2, 0.25) is 0 Å². The molecule has 6 nitrogen and oxygen atoms in total. The molecule has 2 fully saturated rings. The van der Waals surface area contributed by atoms with E-state index in [9.17, 15) is 4.79 Å². The van der Waals surface area contributed by atoms with E-state index in [0.29, 0.717) is 17.5 Å². The minimum absolute atomic E-state index is 0.0691. The monoisotopic (exact) mass is 341 g/mol. The summed E-state index contributed by atoms with van der Waals surface area (Å²) in [7, 11) is 1.88. The van der Waals surface area contributed by atoms with Gasteiger partial charge < -0.3 is 9.47 Å². The number of nitrogens with zero attached hydrogens (tertiary/aromatic N) is 5. The highest BCUT2D eigenvalue weighted by Crippen LogP contribution is 2.40. The Morgan fingerprint density at radius 2 is 1.88 bits per heavy atom. The zero-order chi connectivity index (χ0) is 17.6. The van der Waals surface area contributed by atoms with Gasteiger partial charge in [0.1, 0.15) is 5.82 Å². The van der Waals surface area contributed by atoms with Gasteiger partial charge >= 0.3 is 0 Å². The number of aryl methyl sites for hydroxylation is 3. The lowest BCUT2D eigenvalue weighted by Crippen LogP contribution is -2.39. The molecule has 2 aromatic rings. The third-order valence-corrected chi connectivity index (χ3v) is 5.70. The fourth-order valence-corrected chi connectivity index (χ4v) is 3.79. The lowest BCUT2D eigenvalue weighted by Gasteiger charge is -2.32. The van der Waals surface area contributed by atoms with Gasteiger partial charge in [-0.3, -0.25) is 9.48 Å². The molecule has 0 spiro atoms. The molecule has 0 aromatic carbocycles. The van der Waals surface area contributed by atoms with Crippen molar-refractivity contribution in [1.82, 2.24) is 24.2 Å². The maximum Gasteiger partial charge on any atom is 0.274 e. The van der Waals surface area contributed by atoms with E-state index in [2.05, 4.69) is 21.6 Å². The fourth-order valence-electron chi connectivity index (χ4n) is 3.79. The van der Waals surface area contributed by atoms with Crippen molar-refractivity contribution < 1.29 is 4.79 Å². The van der Waals surface area contributed by atoms with E-state index in [1.165, 1.54) is 24.4 Å². The highest BCUT2D eigenvalue weighted by molar-refractivity contribution is 5.92. The number of rotatable bonds is 4. The SMILES string of the molecule is Cc1cc(C(=O)N2CCC(Cn3c(C)cnc3C3CC3)CC2)nn1C. The summed E-state index contributed by atoms with van der Waals surface area (Å²) in [6.07, 6.45) is 6.69. The van der Waals surface area contributed by atoms with Gasteiger partial charge in [-0.25, -0.2) is 4.98 Å². The number of carbonyl (C=O) groups excluding carboxylic acids is 1. The summed E-state index contributed by atoms with van der Waals surface area (Å²) >= 11 is 0. The van der Waals surface area contributed by atoms with Gasteiger partial charge in [-0.2, -0.15) is 5.10 Å². The normalized spacial score (nSPS) is 18.8. The molecule has 0 unspecified atom stereocenters. The molecule has 6 heteroatoms. The summed E-state index contributed by atoms with van der Waals surface area (Å²) in [4.78, 5) is 19.2. The standard InChI is InChI=1S/C19H27N5O/c1-13-10-17(21-22(13)3)19(25)23-8-6-15(7-9-23)12-24-14(2)11-20-18(24)16-4-5-16/h10-11,15-16H,4-9,12H2,1-3H3. The van der Waals surface area contributed by atoms with Crippen molar-refractivity contribution in [2.45, 2.75) is 52.0 Å². The molecule has 0 atom stereocenters. The van der Waals surface area contributed by atoms with Gasteiger partial charge in [-0.15, -0.1) is 0 Å². The van der Waals surface area contributed by atoms with Crippen molar-refractivity contribution in [3.05, 3.63) is 35.2 Å². The molecule has 1 aliphatic carbocycles. The largest absolute Gasteiger partial charge is 0.337 e. The molecular weight excluding hydrogens is 314 g/mol. The van der Waals surface area contributed by atoms with Crippen LogP contribution in [0.1, 0.15) is 59.3 Å². The van der Waals surface area contributed by atoms with Crippen LogP contribution >= 0.6 is 0 Å². The summed E-state index contributed by atoms with van der Waals surface area (Å²) in [6, 6.07) is 1.88. The smallest absolute Gasteiger partial charge is 0.274 e. The Morgan fingerprint density at radius 3 is 2.48 bits per heavy atom. The molecule has 1 aliphatic heterocycles. The van der Waals surface area contributed by atoms with Crippen molar-refractivity contribution in [2.24, 2.45) is 13.0 Å². The molecule has 25 heavy (non-hydrogen) atoms. The molecule has 3 heterocycles. The summed E-state index contributed by atoms with van der Waals surface area (Å²) in [5.74, 6) is 2.65. The van der Waals surface area contributed by atoms with Crippen LogP contribution in [0.3, 0.4) is 0 Å². The van der Waals surface area contributed by atoms with Gasteiger partial charge in [0.15, 0.2) is 5.69 Å².